The molecule has 1 fully saturated rings. The van der Waals surface area contributed by atoms with Gasteiger partial charge in [-0.3, -0.25) is 4.79 Å². The fourth-order valence-corrected chi connectivity index (χ4v) is 4.81. The molecular formula is C25H28ClN3O2. The quantitative estimate of drug-likeness (QED) is 0.697. The van der Waals surface area contributed by atoms with E-state index in [2.05, 4.69) is 30.1 Å². The number of benzene rings is 2. The van der Waals surface area contributed by atoms with Gasteiger partial charge in [-0.1, -0.05) is 17.7 Å². The Labute approximate surface area is 189 Å². The van der Waals surface area contributed by atoms with E-state index < -0.39 is 0 Å². The molecule has 6 heteroatoms. The molecule has 1 heterocycles. The van der Waals surface area contributed by atoms with Crippen molar-refractivity contribution in [2.45, 2.75) is 50.8 Å². The molecule has 0 radical (unpaired) electrons. The number of ether oxygens (including phenoxy) is 1. The average Bonchev–Trinajstić information content (AvgIpc) is 2.78. The van der Waals surface area contributed by atoms with Crippen molar-refractivity contribution in [1.82, 2.24) is 9.80 Å². The summed E-state index contributed by atoms with van der Waals surface area (Å²) in [6, 6.07) is 13.6. The van der Waals surface area contributed by atoms with E-state index in [-0.39, 0.29) is 18.1 Å². The van der Waals surface area contributed by atoms with Gasteiger partial charge in [-0.15, -0.1) is 0 Å². The second kappa shape index (κ2) is 9.30. The van der Waals surface area contributed by atoms with Gasteiger partial charge in [0.15, 0.2) is 0 Å². The van der Waals surface area contributed by atoms with E-state index in [0.717, 1.165) is 50.8 Å². The fraction of sp³-hybridized carbons (Fsp3) is 0.440. The van der Waals surface area contributed by atoms with Gasteiger partial charge in [0.25, 0.3) is 5.91 Å². The van der Waals surface area contributed by atoms with E-state index in [1.165, 1.54) is 11.1 Å². The van der Waals surface area contributed by atoms with Gasteiger partial charge in [0.2, 0.25) is 0 Å². The Morgan fingerprint density at radius 3 is 2.65 bits per heavy atom. The lowest BCUT2D eigenvalue weighted by atomic mass is 9.91. The maximum atomic E-state index is 13.1. The zero-order chi connectivity index (χ0) is 22.0. The van der Waals surface area contributed by atoms with Gasteiger partial charge in [0, 0.05) is 37.8 Å². The molecule has 31 heavy (non-hydrogen) atoms. The van der Waals surface area contributed by atoms with Crippen LogP contribution in [0.5, 0.6) is 5.75 Å². The van der Waals surface area contributed by atoms with Gasteiger partial charge in [0.05, 0.1) is 16.7 Å². The van der Waals surface area contributed by atoms with E-state index >= 15 is 0 Å². The maximum Gasteiger partial charge on any atom is 0.253 e. The highest BCUT2D eigenvalue weighted by Crippen LogP contribution is 2.29. The van der Waals surface area contributed by atoms with Crippen molar-refractivity contribution in [1.29, 1.82) is 5.26 Å². The highest BCUT2D eigenvalue weighted by Gasteiger charge is 2.28. The van der Waals surface area contributed by atoms with Crippen LogP contribution >= 0.6 is 11.6 Å². The third kappa shape index (κ3) is 4.87. The van der Waals surface area contributed by atoms with Crippen molar-refractivity contribution in [3.63, 3.8) is 0 Å². The fourth-order valence-electron chi connectivity index (χ4n) is 4.60. The zero-order valence-corrected chi connectivity index (χ0v) is 18.9. The van der Waals surface area contributed by atoms with Crippen LogP contribution in [0.1, 0.15) is 52.7 Å². The molecule has 0 aromatic heterocycles. The average molecular weight is 438 g/mol. The molecule has 0 spiro atoms. The lowest BCUT2D eigenvalue weighted by Gasteiger charge is -2.35. The van der Waals surface area contributed by atoms with Crippen molar-refractivity contribution in [3.05, 3.63) is 63.7 Å². The molecule has 1 amide bonds. The van der Waals surface area contributed by atoms with Crippen LogP contribution in [0.2, 0.25) is 5.02 Å². The van der Waals surface area contributed by atoms with Crippen LogP contribution < -0.4 is 4.74 Å². The van der Waals surface area contributed by atoms with E-state index in [4.69, 9.17) is 21.6 Å². The zero-order valence-electron chi connectivity index (χ0n) is 18.1. The first-order valence-corrected chi connectivity index (χ1v) is 11.3. The van der Waals surface area contributed by atoms with Gasteiger partial charge in [-0.05, 0) is 74.5 Å². The first-order chi connectivity index (χ1) is 14.9. The number of hydrogen-bond acceptors (Lipinski definition) is 4. The molecule has 0 saturated heterocycles. The Kier molecular flexibility index (Phi) is 6.50. The minimum Gasteiger partial charge on any atom is -0.490 e. The normalized spacial score (nSPS) is 21.1. The molecule has 1 aliphatic heterocycles. The molecular weight excluding hydrogens is 410 g/mol. The number of amides is 1. The summed E-state index contributed by atoms with van der Waals surface area (Å²) in [6.45, 7) is 1.99. The third-order valence-electron chi connectivity index (χ3n) is 6.53. The molecule has 2 aromatic carbocycles. The highest BCUT2D eigenvalue weighted by molar-refractivity contribution is 6.31. The van der Waals surface area contributed by atoms with Crippen LogP contribution in [0, 0.1) is 11.3 Å². The summed E-state index contributed by atoms with van der Waals surface area (Å²) in [7, 11) is 4.05. The van der Waals surface area contributed by atoms with Gasteiger partial charge in [0.1, 0.15) is 11.8 Å². The van der Waals surface area contributed by atoms with Crippen molar-refractivity contribution in [2.24, 2.45) is 0 Å². The molecule has 0 unspecified atom stereocenters. The van der Waals surface area contributed by atoms with Crippen molar-refractivity contribution < 1.29 is 9.53 Å². The highest BCUT2D eigenvalue weighted by atomic mass is 35.5. The van der Waals surface area contributed by atoms with Gasteiger partial charge in [-0.2, -0.15) is 5.26 Å². The number of halogens is 1. The topological polar surface area (TPSA) is 56.6 Å². The number of nitriles is 1. The lowest BCUT2D eigenvalue weighted by molar-refractivity contribution is 0.0609. The van der Waals surface area contributed by atoms with Crippen LogP contribution in [0.4, 0.5) is 0 Å². The van der Waals surface area contributed by atoms with Crippen LogP contribution in [-0.4, -0.2) is 48.5 Å². The summed E-state index contributed by atoms with van der Waals surface area (Å²) in [6.07, 6.45) is 4.69. The number of carbonyl (C=O) groups is 1. The Morgan fingerprint density at radius 2 is 1.94 bits per heavy atom. The summed E-state index contributed by atoms with van der Waals surface area (Å²) in [4.78, 5) is 17.3. The number of fused-ring (bicyclic) bond motifs is 1. The lowest BCUT2D eigenvalue weighted by Crippen LogP contribution is -2.41. The SMILES string of the molecule is CN1CCc2cc(C(=O)N(C)C3CCC(Oc4ccc(C#N)c(Cl)c4)CC3)ccc2C1. The van der Waals surface area contributed by atoms with E-state index in [1.807, 2.05) is 18.0 Å². The van der Waals surface area contributed by atoms with Crippen molar-refractivity contribution in [2.75, 3.05) is 20.6 Å². The van der Waals surface area contributed by atoms with E-state index in [9.17, 15) is 4.79 Å². The minimum atomic E-state index is 0.101. The summed E-state index contributed by atoms with van der Waals surface area (Å²) >= 11 is 6.11. The summed E-state index contributed by atoms with van der Waals surface area (Å²) in [5.74, 6) is 0.793. The number of carbonyl (C=O) groups excluding carboxylic acids is 1. The second-order valence-electron chi connectivity index (χ2n) is 8.69. The van der Waals surface area contributed by atoms with Crippen molar-refractivity contribution in [3.8, 4) is 11.8 Å². The Morgan fingerprint density at radius 1 is 1.16 bits per heavy atom. The summed E-state index contributed by atoms with van der Waals surface area (Å²) < 4.78 is 6.08. The van der Waals surface area contributed by atoms with Crippen molar-refractivity contribution >= 4 is 17.5 Å². The number of hydrogen-bond donors (Lipinski definition) is 0. The van der Waals surface area contributed by atoms with Gasteiger partial charge in [-0.25, -0.2) is 0 Å². The largest absolute Gasteiger partial charge is 0.490 e. The molecule has 162 valence electrons. The van der Waals surface area contributed by atoms with Gasteiger partial charge < -0.3 is 14.5 Å². The smallest absolute Gasteiger partial charge is 0.253 e. The molecule has 1 saturated carbocycles. The predicted molar refractivity (Wildman–Crippen MR) is 121 cm³/mol. The molecule has 2 aromatic rings. The Hall–Kier alpha value is -2.55. The minimum absolute atomic E-state index is 0.101. The number of nitrogens with zero attached hydrogens (tertiary/aromatic N) is 3. The number of likely N-dealkylation sites (N-methyl/N-ethyl adjacent to an activating group) is 1. The molecule has 4 rings (SSSR count). The first kappa shape index (κ1) is 21.7. The molecule has 2 aliphatic rings. The predicted octanol–water partition coefficient (Wildman–Crippen LogP) is 4.66. The molecule has 1 aliphatic carbocycles. The first-order valence-electron chi connectivity index (χ1n) is 10.9. The maximum absolute atomic E-state index is 13.1. The van der Waals surface area contributed by atoms with E-state index in [0.29, 0.717) is 16.3 Å². The van der Waals surface area contributed by atoms with Gasteiger partial charge >= 0.3 is 0 Å². The summed E-state index contributed by atoms with van der Waals surface area (Å²) in [5, 5.41) is 9.41. The second-order valence-corrected chi connectivity index (χ2v) is 9.10. The molecule has 0 bridgehead atoms. The van der Waals surface area contributed by atoms with Crippen LogP contribution in [0.25, 0.3) is 0 Å². The van der Waals surface area contributed by atoms with Crippen LogP contribution in [0.15, 0.2) is 36.4 Å². The Bertz CT molecular complexity index is 1010. The number of rotatable bonds is 4. The third-order valence-corrected chi connectivity index (χ3v) is 6.84. The monoisotopic (exact) mass is 437 g/mol. The molecule has 0 N–H and O–H groups in total. The Balaban J connectivity index is 1.34. The van der Waals surface area contributed by atoms with Crippen LogP contribution in [0.3, 0.4) is 0 Å². The summed E-state index contributed by atoms with van der Waals surface area (Å²) in [5.41, 5.74) is 3.87. The molecule has 0 atom stereocenters. The van der Waals surface area contributed by atoms with E-state index in [1.54, 1.807) is 18.2 Å². The van der Waals surface area contributed by atoms with Crippen LogP contribution in [-0.2, 0) is 13.0 Å². The molecule has 5 nitrogen and oxygen atoms in total. The standard InChI is InChI=1S/C25H28ClN3O2/c1-28-12-11-17-13-18(3-4-20(17)16-28)25(30)29(2)21-6-9-22(10-7-21)31-23-8-5-19(15-27)24(26)14-23/h3-5,8,13-14,21-22H,6-7,9-12,16H2,1-2H3.